The van der Waals surface area contributed by atoms with E-state index >= 15 is 0 Å². The Balaban J connectivity index is 2.51. The molecular formula is C17H20N2O5S. The molecule has 0 saturated carbocycles. The predicted molar refractivity (Wildman–Crippen MR) is 95.4 cm³/mol. The first-order valence-electron chi connectivity index (χ1n) is 7.54. The van der Waals surface area contributed by atoms with Gasteiger partial charge in [0.15, 0.2) is 0 Å². The number of nitrogens with one attached hydrogen (secondary N) is 1. The molecule has 0 unspecified atom stereocenters. The van der Waals surface area contributed by atoms with E-state index in [0.29, 0.717) is 11.4 Å². The van der Waals surface area contributed by atoms with Crippen molar-refractivity contribution in [3.05, 3.63) is 48.5 Å². The molecule has 0 atom stereocenters. The molecule has 0 aliphatic rings. The van der Waals surface area contributed by atoms with E-state index < -0.39 is 10.0 Å². The van der Waals surface area contributed by atoms with Gasteiger partial charge in [-0.25, -0.2) is 8.42 Å². The Bertz CT molecular complexity index is 837. The third-order valence-electron chi connectivity index (χ3n) is 3.42. The predicted octanol–water partition coefficient (Wildman–Crippen LogP) is 1.84. The average molecular weight is 364 g/mol. The van der Waals surface area contributed by atoms with Gasteiger partial charge in [-0.3, -0.25) is 9.10 Å². The number of hydrogen-bond donors (Lipinski definition) is 2. The molecule has 7 nitrogen and oxygen atoms in total. The summed E-state index contributed by atoms with van der Waals surface area (Å²) in [5, 5.41) is 11.8. The minimum Gasteiger partial charge on any atom is -0.495 e. The van der Waals surface area contributed by atoms with Crippen molar-refractivity contribution in [3.63, 3.8) is 0 Å². The first kappa shape index (κ1) is 18.8. The Labute approximate surface area is 146 Å². The number of benzene rings is 2. The maximum absolute atomic E-state index is 13.0. The lowest BCUT2D eigenvalue weighted by atomic mass is 10.3. The zero-order chi connectivity index (χ0) is 18.4. The molecule has 8 heteroatoms. The monoisotopic (exact) mass is 364 g/mol. The summed E-state index contributed by atoms with van der Waals surface area (Å²) in [6.45, 7) is 0.902. The van der Waals surface area contributed by atoms with Gasteiger partial charge in [-0.15, -0.1) is 0 Å². The van der Waals surface area contributed by atoms with E-state index in [1.807, 2.05) is 0 Å². The molecule has 0 fully saturated rings. The molecule has 2 rings (SSSR count). The summed E-state index contributed by atoms with van der Waals surface area (Å²) in [5.74, 6) is 0.00527. The number of methoxy groups -OCH3 is 1. The maximum Gasteiger partial charge on any atom is 0.264 e. The van der Waals surface area contributed by atoms with Crippen LogP contribution in [0.5, 0.6) is 5.75 Å². The van der Waals surface area contributed by atoms with Crippen molar-refractivity contribution in [1.29, 1.82) is 0 Å². The number of rotatable bonds is 7. The fourth-order valence-electron chi connectivity index (χ4n) is 2.34. The van der Waals surface area contributed by atoms with Gasteiger partial charge in [0.25, 0.3) is 10.0 Å². The van der Waals surface area contributed by atoms with Crippen LogP contribution in [0.25, 0.3) is 0 Å². The first-order chi connectivity index (χ1) is 11.9. The number of carbonyl (C=O) groups excluding carboxylic acids is 1. The van der Waals surface area contributed by atoms with Crippen molar-refractivity contribution in [2.24, 2.45) is 0 Å². The number of anilines is 2. The highest BCUT2D eigenvalue weighted by Crippen LogP contribution is 2.30. The molecule has 134 valence electrons. The van der Waals surface area contributed by atoms with Crippen LogP contribution in [0, 0.1) is 0 Å². The lowest BCUT2D eigenvalue weighted by molar-refractivity contribution is -0.114. The standard InChI is InChI=1S/C17H20N2O5S/c1-13(21)18-16-12-15(8-9-17(16)24-2)25(22,23)19(10-11-20)14-6-4-3-5-7-14/h3-9,12,20H,10-11H2,1-2H3,(H,18,21). The number of carbonyl (C=O) groups is 1. The summed E-state index contributed by atoms with van der Waals surface area (Å²) in [6, 6.07) is 12.7. The highest BCUT2D eigenvalue weighted by molar-refractivity contribution is 7.92. The topological polar surface area (TPSA) is 95.9 Å². The molecule has 0 aromatic heterocycles. The summed E-state index contributed by atoms with van der Waals surface area (Å²) >= 11 is 0. The Morgan fingerprint density at radius 2 is 1.88 bits per heavy atom. The second kappa shape index (κ2) is 8.00. The third-order valence-corrected chi connectivity index (χ3v) is 5.24. The van der Waals surface area contributed by atoms with Crippen molar-refractivity contribution in [2.45, 2.75) is 11.8 Å². The largest absolute Gasteiger partial charge is 0.495 e. The molecule has 2 aromatic carbocycles. The van der Waals surface area contributed by atoms with Gasteiger partial charge in [0.2, 0.25) is 5.91 Å². The highest BCUT2D eigenvalue weighted by atomic mass is 32.2. The normalized spacial score (nSPS) is 11.0. The van der Waals surface area contributed by atoms with E-state index in [1.165, 1.54) is 32.2 Å². The second-order valence-corrected chi connectivity index (χ2v) is 7.04. The molecule has 0 aliphatic heterocycles. The fourth-order valence-corrected chi connectivity index (χ4v) is 3.82. The fraction of sp³-hybridized carbons (Fsp3) is 0.235. The molecule has 0 aliphatic carbocycles. The molecule has 0 heterocycles. The van der Waals surface area contributed by atoms with Crippen LogP contribution in [0.15, 0.2) is 53.4 Å². The zero-order valence-electron chi connectivity index (χ0n) is 14.0. The van der Waals surface area contributed by atoms with Crippen molar-refractivity contribution >= 4 is 27.3 Å². The number of para-hydroxylation sites is 1. The van der Waals surface area contributed by atoms with Crippen LogP contribution in [0.3, 0.4) is 0 Å². The molecule has 25 heavy (non-hydrogen) atoms. The van der Waals surface area contributed by atoms with Crippen LogP contribution in [-0.4, -0.2) is 39.7 Å². The van der Waals surface area contributed by atoms with Crippen molar-refractivity contribution < 1.29 is 23.1 Å². The number of amides is 1. The summed E-state index contributed by atoms with van der Waals surface area (Å²) in [6.07, 6.45) is 0. The smallest absolute Gasteiger partial charge is 0.264 e. The lowest BCUT2D eigenvalue weighted by Gasteiger charge is -2.24. The number of aliphatic hydroxyl groups is 1. The van der Waals surface area contributed by atoms with Crippen molar-refractivity contribution in [1.82, 2.24) is 0 Å². The molecule has 0 radical (unpaired) electrons. The van der Waals surface area contributed by atoms with E-state index in [1.54, 1.807) is 30.3 Å². The number of sulfonamides is 1. The van der Waals surface area contributed by atoms with Crippen LogP contribution >= 0.6 is 0 Å². The number of aliphatic hydroxyl groups excluding tert-OH is 1. The zero-order valence-corrected chi connectivity index (χ0v) is 14.8. The van der Waals surface area contributed by atoms with Gasteiger partial charge in [0.1, 0.15) is 5.75 Å². The van der Waals surface area contributed by atoms with Gasteiger partial charge >= 0.3 is 0 Å². The molecule has 2 aromatic rings. The Morgan fingerprint density at radius 3 is 2.44 bits per heavy atom. The molecule has 1 amide bonds. The van der Waals surface area contributed by atoms with Crippen LogP contribution in [-0.2, 0) is 14.8 Å². The number of ether oxygens (including phenoxy) is 1. The van der Waals surface area contributed by atoms with E-state index in [-0.39, 0.29) is 29.6 Å². The van der Waals surface area contributed by atoms with Gasteiger partial charge < -0.3 is 15.2 Å². The Hall–Kier alpha value is -2.58. The summed E-state index contributed by atoms with van der Waals surface area (Å²) in [4.78, 5) is 11.3. The van der Waals surface area contributed by atoms with Crippen LogP contribution in [0.2, 0.25) is 0 Å². The van der Waals surface area contributed by atoms with E-state index in [9.17, 15) is 18.3 Å². The third kappa shape index (κ3) is 4.28. The van der Waals surface area contributed by atoms with E-state index in [4.69, 9.17) is 4.74 Å². The average Bonchev–Trinajstić information content (AvgIpc) is 2.59. The molecule has 0 spiro atoms. The Morgan fingerprint density at radius 1 is 1.20 bits per heavy atom. The summed E-state index contributed by atoms with van der Waals surface area (Å²) in [5.41, 5.74) is 0.696. The molecule has 0 saturated heterocycles. The van der Waals surface area contributed by atoms with Crippen LogP contribution in [0.4, 0.5) is 11.4 Å². The van der Waals surface area contributed by atoms with Crippen molar-refractivity contribution in [3.8, 4) is 5.75 Å². The van der Waals surface area contributed by atoms with Gasteiger partial charge in [-0.1, -0.05) is 18.2 Å². The lowest BCUT2D eigenvalue weighted by Crippen LogP contribution is -2.33. The summed E-state index contributed by atoms with van der Waals surface area (Å²) in [7, 11) is -2.51. The van der Waals surface area contributed by atoms with Gasteiger partial charge in [-0.2, -0.15) is 0 Å². The quantitative estimate of drug-likeness (QED) is 0.782. The summed E-state index contributed by atoms with van der Waals surface area (Å²) < 4.78 is 32.3. The Kier molecular flexibility index (Phi) is 6.00. The SMILES string of the molecule is COc1ccc(S(=O)(=O)N(CCO)c2ccccc2)cc1NC(C)=O. The molecule has 2 N–H and O–H groups in total. The number of hydrogen-bond acceptors (Lipinski definition) is 5. The molecule has 0 bridgehead atoms. The molecular weight excluding hydrogens is 344 g/mol. The minimum atomic E-state index is -3.93. The van der Waals surface area contributed by atoms with Gasteiger partial charge in [0.05, 0.1) is 36.5 Å². The number of nitrogens with zero attached hydrogens (tertiary/aromatic N) is 1. The van der Waals surface area contributed by atoms with Crippen LogP contribution < -0.4 is 14.4 Å². The van der Waals surface area contributed by atoms with Crippen molar-refractivity contribution in [2.75, 3.05) is 29.9 Å². The highest BCUT2D eigenvalue weighted by Gasteiger charge is 2.25. The van der Waals surface area contributed by atoms with E-state index in [2.05, 4.69) is 5.32 Å². The second-order valence-electron chi connectivity index (χ2n) is 5.18. The van der Waals surface area contributed by atoms with E-state index in [0.717, 1.165) is 4.31 Å². The minimum absolute atomic E-state index is 0.0191. The first-order valence-corrected chi connectivity index (χ1v) is 8.98. The van der Waals surface area contributed by atoms with Gasteiger partial charge in [0, 0.05) is 6.92 Å². The van der Waals surface area contributed by atoms with Crippen LogP contribution in [0.1, 0.15) is 6.92 Å². The maximum atomic E-state index is 13.0. The van der Waals surface area contributed by atoms with Gasteiger partial charge in [-0.05, 0) is 30.3 Å².